The van der Waals surface area contributed by atoms with Gasteiger partial charge >= 0.3 is 0 Å². The van der Waals surface area contributed by atoms with Crippen molar-refractivity contribution in [2.24, 2.45) is 11.7 Å². The van der Waals surface area contributed by atoms with Crippen molar-refractivity contribution in [3.63, 3.8) is 0 Å². The molecular weight excluding hydrogens is 214 g/mol. The molecule has 0 saturated carbocycles. The molecule has 4 N–H and O–H groups in total. The minimum Gasteiger partial charge on any atom is -0.368 e. The van der Waals surface area contributed by atoms with E-state index < -0.39 is 0 Å². The molecule has 0 aromatic carbocycles. The fourth-order valence-electron chi connectivity index (χ4n) is 2.18. The zero-order chi connectivity index (χ0) is 12.4. The number of nitrogen functional groups attached to an aromatic ring is 1. The van der Waals surface area contributed by atoms with Gasteiger partial charge in [0.15, 0.2) is 0 Å². The Labute approximate surface area is 102 Å². The highest BCUT2D eigenvalue weighted by Gasteiger charge is 2.21. The molecule has 1 saturated heterocycles. The fourth-order valence-corrected chi connectivity index (χ4v) is 2.18. The quantitative estimate of drug-likeness (QED) is 0.809. The molecule has 1 aliphatic heterocycles. The summed E-state index contributed by atoms with van der Waals surface area (Å²) in [5, 5.41) is 0. The topological polar surface area (TPSA) is 81.1 Å². The number of aromatic nitrogens is 2. The van der Waals surface area contributed by atoms with Gasteiger partial charge in [-0.15, -0.1) is 0 Å². The van der Waals surface area contributed by atoms with E-state index in [-0.39, 0.29) is 6.04 Å². The van der Waals surface area contributed by atoms with Crippen molar-refractivity contribution in [3.05, 3.63) is 11.8 Å². The summed E-state index contributed by atoms with van der Waals surface area (Å²) < 4.78 is 0. The number of hydrogen-bond donors (Lipinski definition) is 2. The molecule has 1 atom stereocenters. The molecule has 5 nitrogen and oxygen atoms in total. The van der Waals surface area contributed by atoms with E-state index in [9.17, 15) is 0 Å². The predicted octanol–water partition coefficient (Wildman–Crippen LogP) is 0.795. The van der Waals surface area contributed by atoms with Gasteiger partial charge < -0.3 is 16.4 Å². The molecule has 2 heterocycles. The van der Waals surface area contributed by atoms with Gasteiger partial charge in [0, 0.05) is 30.9 Å². The van der Waals surface area contributed by atoms with Crippen LogP contribution in [-0.2, 0) is 6.42 Å². The van der Waals surface area contributed by atoms with Gasteiger partial charge in [0.1, 0.15) is 5.82 Å². The maximum atomic E-state index is 5.90. The van der Waals surface area contributed by atoms with Crippen LogP contribution >= 0.6 is 0 Å². The Balaban J connectivity index is 2.19. The van der Waals surface area contributed by atoms with Gasteiger partial charge in [0.25, 0.3) is 0 Å². The highest BCUT2D eigenvalue weighted by molar-refractivity contribution is 5.44. The molecule has 1 aromatic heterocycles. The Morgan fingerprint density at radius 3 is 2.82 bits per heavy atom. The minimum atomic E-state index is 0.250. The van der Waals surface area contributed by atoms with Crippen LogP contribution in [0.15, 0.2) is 6.07 Å². The van der Waals surface area contributed by atoms with Crippen molar-refractivity contribution in [2.75, 3.05) is 23.7 Å². The number of hydrogen-bond acceptors (Lipinski definition) is 5. The maximum absolute atomic E-state index is 5.90. The Bertz CT molecular complexity index is 390. The highest BCUT2D eigenvalue weighted by atomic mass is 15.2. The van der Waals surface area contributed by atoms with Crippen molar-refractivity contribution in [3.8, 4) is 0 Å². The first kappa shape index (κ1) is 12.1. The van der Waals surface area contributed by atoms with Crippen LogP contribution in [0.1, 0.15) is 26.0 Å². The van der Waals surface area contributed by atoms with E-state index in [0.717, 1.165) is 37.4 Å². The Hall–Kier alpha value is -1.36. The van der Waals surface area contributed by atoms with Crippen LogP contribution < -0.4 is 16.4 Å². The molecule has 0 spiro atoms. The summed E-state index contributed by atoms with van der Waals surface area (Å²) in [6.07, 6.45) is 1.95. The fraction of sp³-hybridized carbons (Fsp3) is 0.667. The van der Waals surface area contributed by atoms with Crippen molar-refractivity contribution in [2.45, 2.75) is 32.7 Å². The molecule has 1 aliphatic rings. The first-order valence-electron chi connectivity index (χ1n) is 6.18. The van der Waals surface area contributed by atoms with Gasteiger partial charge in [-0.3, -0.25) is 0 Å². The molecule has 2 rings (SSSR count). The smallest absolute Gasteiger partial charge is 0.222 e. The van der Waals surface area contributed by atoms with Gasteiger partial charge in [-0.25, -0.2) is 4.98 Å². The van der Waals surface area contributed by atoms with E-state index in [0.29, 0.717) is 11.9 Å². The minimum absolute atomic E-state index is 0.250. The summed E-state index contributed by atoms with van der Waals surface area (Å²) in [6, 6.07) is 2.29. The number of nitrogens with zero attached hydrogens (tertiary/aromatic N) is 3. The molecule has 17 heavy (non-hydrogen) atoms. The number of anilines is 2. The van der Waals surface area contributed by atoms with Crippen LogP contribution in [0, 0.1) is 5.92 Å². The Morgan fingerprint density at radius 2 is 2.24 bits per heavy atom. The highest BCUT2D eigenvalue weighted by Crippen LogP contribution is 2.20. The predicted molar refractivity (Wildman–Crippen MR) is 69.8 cm³/mol. The van der Waals surface area contributed by atoms with Gasteiger partial charge in [0.2, 0.25) is 5.95 Å². The number of nitrogens with two attached hydrogens (primary N) is 2. The second-order valence-corrected chi connectivity index (χ2v) is 5.17. The zero-order valence-electron chi connectivity index (χ0n) is 10.6. The van der Waals surface area contributed by atoms with E-state index >= 15 is 0 Å². The van der Waals surface area contributed by atoms with Crippen molar-refractivity contribution in [1.29, 1.82) is 0 Å². The second-order valence-electron chi connectivity index (χ2n) is 5.17. The first-order valence-corrected chi connectivity index (χ1v) is 6.18. The van der Waals surface area contributed by atoms with Crippen LogP contribution in [0.3, 0.4) is 0 Å². The Morgan fingerprint density at radius 1 is 1.47 bits per heavy atom. The standard InChI is InChI=1S/C12H21N5/c1-8(2)5-10-6-11(16-12(14)15-10)17-4-3-9(13)7-17/h6,8-9H,3-5,7,13H2,1-2H3,(H2,14,15,16)/t9-/m1/s1. The third-order valence-corrected chi connectivity index (χ3v) is 2.95. The molecule has 0 radical (unpaired) electrons. The lowest BCUT2D eigenvalue weighted by molar-refractivity contribution is 0.634. The lowest BCUT2D eigenvalue weighted by Crippen LogP contribution is -2.27. The van der Waals surface area contributed by atoms with Crippen LogP contribution in [-0.4, -0.2) is 29.1 Å². The largest absolute Gasteiger partial charge is 0.368 e. The van der Waals surface area contributed by atoms with Gasteiger partial charge in [-0.05, 0) is 18.8 Å². The van der Waals surface area contributed by atoms with Gasteiger partial charge in [-0.2, -0.15) is 4.98 Å². The molecule has 0 amide bonds. The van der Waals surface area contributed by atoms with Crippen molar-refractivity contribution < 1.29 is 0 Å². The zero-order valence-corrected chi connectivity index (χ0v) is 10.6. The third kappa shape index (κ3) is 3.06. The van der Waals surface area contributed by atoms with Crippen molar-refractivity contribution >= 4 is 11.8 Å². The van der Waals surface area contributed by atoms with Crippen molar-refractivity contribution in [1.82, 2.24) is 9.97 Å². The van der Waals surface area contributed by atoms with Crippen LogP contribution in [0.5, 0.6) is 0 Å². The van der Waals surface area contributed by atoms with E-state index in [4.69, 9.17) is 11.5 Å². The average Bonchev–Trinajstić information content (AvgIpc) is 2.62. The average molecular weight is 235 g/mol. The van der Waals surface area contributed by atoms with Crippen LogP contribution in [0.4, 0.5) is 11.8 Å². The summed E-state index contributed by atoms with van der Waals surface area (Å²) >= 11 is 0. The molecule has 0 unspecified atom stereocenters. The Kier molecular flexibility index (Phi) is 3.47. The van der Waals surface area contributed by atoms with Gasteiger partial charge in [-0.1, -0.05) is 13.8 Å². The van der Waals surface area contributed by atoms with E-state index in [2.05, 4.69) is 28.7 Å². The molecule has 5 heteroatoms. The molecule has 1 fully saturated rings. The first-order chi connectivity index (χ1) is 8.04. The van der Waals surface area contributed by atoms with Gasteiger partial charge in [0.05, 0.1) is 0 Å². The summed E-state index contributed by atoms with van der Waals surface area (Å²) in [7, 11) is 0. The second kappa shape index (κ2) is 4.87. The molecule has 94 valence electrons. The normalized spacial score (nSPS) is 20.2. The lowest BCUT2D eigenvalue weighted by atomic mass is 10.1. The molecule has 0 bridgehead atoms. The van der Waals surface area contributed by atoms with E-state index in [1.807, 2.05) is 6.07 Å². The summed E-state index contributed by atoms with van der Waals surface area (Å²) in [6.45, 7) is 6.16. The SMILES string of the molecule is CC(C)Cc1cc(N2CC[C@@H](N)C2)nc(N)n1. The third-order valence-electron chi connectivity index (χ3n) is 2.95. The molecule has 0 aliphatic carbocycles. The van der Waals surface area contributed by atoms with Crippen LogP contribution in [0.25, 0.3) is 0 Å². The lowest BCUT2D eigenvalue weighted by Gasteiger charge is -2.18. The number of rotatable bonds is 3. The molecular formula is C12H21N5. The summed E-state index contributed by atoms with van der Waals surface area (Å²) in [5.74, 6) is 1.85. The monoisotopic (exact) mass is 235 g/mol. The molecule has 1 aromatic rings. The van der Waals surface area contributed by atoms with Crippen LogP contribution in [0.2, 0.25) is 0 Å². The van der Waals surface area contributed by atoms with E-state index in [1.54, 1.807) is 0 Å². The summed E-state index contributed by atoms with van der Waals surface area (Å²) in [4.78, 5) is 10.8. The maximum Gasteiger partial charge on any atom is 0.222 e. The summed E-state index contributed by atoms with van der Waals surface area (Å²) in [5.41, 5.74) is 12.7. The van der Waals surface area contributed by atoms with E-state index in [1.165, 1.54) is 0 Å².